The Bertz CT molecular complexity index is 902. The zero-order chi connectivity index (χ0) is 16.4. The Labute approximate surface area is 143 Å². The Balaban J connectivity index is 1.39. The maximum absolute atomic E-state index is 12.3. The van der Waals surface area contributed by atoms with Gasteiger partial charge < -0.3 is 10.2 Å². The van der Waals surface area contributed by atoms with Crippen LogP contribution in [0.3, 0.4) is 0 Å². The van der Waals surface area contributed by atoms with Crippen LogP contribution in [0.15, 0.2) is 65.1 Å². The lowest BCUT2D eigenvalue weighted by atomic mass is 10.0. The van der Waals surface area contributed by atoms with Gasteiger partial charge in [-0.15, -0.1) is 11.3 Å². The van der Waals surface area contributed by atoms with Crippen LogP contribution in [0.2, 0.25) is 0 Å². The first-order chi connectivity index (χ1) is 11.8. The molecule has 1 atom stereocenters. The van der Waals surface area contributed by atoms with Crippen LogP contribution in [-0.4, -0.2) is 11.6 Å². The van der Waals surface area contributed by atoms with E-state index in [-0.39, 0.29) is 12.0 Å². The molecule has 4 rings (SSSR count). The third kappa shape index (κ3) is 2.90. The van der Waals surface area contributed by atoms with Crippen LogP contribution in [0.1, 0.15) is 23.7 Å². The molecule has 0 saturated carbocycles. The molecule has 0 bridgehead atoms. The van der Waals surface area contributed by atoms with Crippen LogP contribution in [-0.2, 0) is 16.2 Å². The molecule has 24 heavy (non-hydrogen) atoms. The fourth-order valence-electron chi connectivity index (χ4n) is 2.81. The van der Waals surface area contributed by atoms with E-state index in [0.29, 0.717) is 18.7 Å². The molecule has 1 aromatic heterocycles. The minimum absolute atomic E-state index is 0.163. The Morgan fingerprint density at radius 1 is 1.17 bits per heavy atom. The van der Waals surface area contributed by atoms with Crippen molar-refractivity contribution in [1.29, 1.82) is 0 Å². The van der Waals surface area contributed by atoms with Crippen LogP contribution < -0.4 is 5.32 Å². The van der Waals surface area contributed by atoms with Gasteiger partial charge in [0, 0.05) is 17.7 Å². The van der Waals surface area contributed by atoms with Crippen LogP contribution in [0.25, 0.3) is 10.1 Å². The predicted octanol–water partition coefficient (Wildman–Crippen LogP) is 4.04. The highest BCUT2D eigenvalue weighted by molar-refractivity contribution is 7.17. The summed E-state index contributed by atoms with van der Waals surface area (Å²) in [6.45, 7) is 0.498. The SMILES string of the molecule is O=C(NCc1csc2ccccc12)C1=NO[C@@H](c2ccccc2)C1. The molecule has 0 spiro atoms. The fourth-order valence-corrected chi connectivity index (χ4v) is 3.77. The molecule has 5 heteroatoms. The van der Waals surface area contributed by atoms with Crippen LogP contribution in [0.4, 0.5) is 0 Å². The normalized spacial score (nSPS) is 16.7. The lowest BCUT2D eigenvalue weighted by Crippen LogP contribution is -2.29. The van der Waals surface area contributed by atoms with Crippen molar-refractivity contribution >= 4 is 33.0 Å². The van der Waals surface area contributed by atoms with Crippen molar-refractivity contribution in [2.75, 3.05) is 0 Å². The maximum Gasteiger partial charge on any atom is 0.269 e. The summed E-state index contributed by atoms with van der Waals surface area (Å²) < 4.78 is 1.23. The number of amides is 1. The van der Waals surface area contributed by atoms with E-state index < -0.39 is 0 Å². The highest BCUT2D eigenvalue weighted by Gasteiger charge is 2.27. The van der Waals surface area contributed by atoms with Gasteiger partial charge >= 0.3 is 0 Å². The Morgan fingerprint density at radius 3 is 2.83 bits per heavy atom. The summed E-state index contributed by atoms with van der Waals surface area (Å²) in [5, 5.41) is 10.2. The highest BCUT2D eigenvalue weighted by atomic mass is 32.1. The summed E-state index contributed by atoms with van der Waals surface area (Å²) in [7, 11) is 0. The molecule has 1 N–H and O–H groups in total. The van der Waals surface area contributed by atoms with E-state index >= 15 is 0 Å². The zero-order valence-corrected chi connectivity index (χ0v) is 13.8. The van der Waals surface area contributed by atoms with E-state index in [1.165, 1.54) is 10.1 Å². The smallest absolute Gasteiger partial charge is 0.269 e. The number of nitrogens with zero attached hydrogens (tertiary/aromatic N) is 1. The van der Waals surface area contributed by atoms with Crippen molar-refractivity contribution in [2.45, 2.75) is 19.1 Å². The molecule has 2 heterocycles. The minimum Gasteiger partial charge on any atom is -0.387 e. The van der Waals surface area contributed by atoms with Crippen molar-refractivity contribution in [3.63, 3.8) is 0 Å². The van der Waals surface area contributed by atoms with Gasteiger partial charge in [0.15, 0.2) is 6.10 Å². The van der Waals surface area contributed by atoms with Gasteiger partial charge in [-0.3, -0.25) is 4.79 Å². The summed E-state index contributed by atoms with van der Waals surface area (Å²) >= 11 is 1.69. The van der Waals surface area contributed by atoms with E-state index in [0.717, 1.165) is 11.1 Å². The molecule has 2 aromatic carbocycles. The Hall–Kier alpha value is -2.66. The van der Waals surface area contributed by atoms with E-state index in [2.05, 4.69) is 28.0 Å². The highest BCUT2D eigenvalue weighted by Crippen LogP contribution is 2.27. The molecule has 4 nitrogen and oxygen atoms in total. The fraction of sp³-hybridized carbons (Fsp3) is 0.158. The molecular weight excluding hydrogens is 320 g/mol. The van der Waals surface area contributed by atoms with Gasteiger partial charge in [0.05, 0.1) is 0 Å². The number of nitrogens with one attached hydrogen (secondary N) is 1. The predicted molar refractivity (Wildman–Crippen MR) is 96.0 cm³/mol. The largest absolute Gasteiger partial charge is 0.387 e. The maximum atomic E-state index is 12.3. The van der Waals surface area contributed by atoms with Crippen molar-refractivity contribution in [2.24, 2.45) is 5.16 Å². The molecule has 0 saturated heterocycles. The number of carbonyl (C=O) groups excluding carboxylic acids is 1. The summed E-state index contributed by atoms with van der Waals surface area (Å²) in [6, 6.07) is 18.0. The first-order valence-corrected chi connectivity index (χ1v) is 8.70. The van der Waals surface area contributed by atoms with Gasteiger partial charge in [-0.05, 0) is 28.0 Å². The number of hydrogen-bond acceptors (Lipinski definition) is 4. The number of thiophene rings is 1. The van der Waals surface area contributed by atoms with E-state index in [1.807, 2.05) is 42.5 Å². The molecule has 0 aliphatic carbocycles. The van der Waals surface area contributed by atoms with Crippen molar-refractivity contribution in [1.82, 2.24) is 5.32 Å². The van der Waals surface area contributed by atoms with Gasteiger partial charge in [-0.25, -0.2) is 0 Å². The minimum atomic E-state index is -0.172. The van der Waals surface area contributed by atoms with Gasteiger partial charge in [0.1, 0.15) is 5.71 Å². The molecular formula is C19H16N2O2S. The molecule has 3 aromatic rings. The topological polar surface area (TPSA) is 50.7 Å². The first kappa shape index (κ1) is 14.9. The van der Waals surface area contributed by atoms with Gasteiger partial charge in [-0.2, -0.15) is 0 Å². The van der Waals surface area contributed by atoms with Gasteiger partial charge in [0.25, 0.3) is 5.91 Å². The summed E-state index contributed by atoms with van der Waals surface area (Å²) in [5.74, 6) is -0.163. The van der Waals surface area contributed by atoms with Crippen LogP contribution in [0, 0.1) is 0 Å². The Kier molecular flexibility index (Phi) is 4.01. The third-order valence-electron chi connectivity index (χ3n) is 4.10. The number of hydrogen-bond donors (Lipinski definition) is 1. The molecule has 1 amide bonds. The molecule has 1 aliphatic heterocycles. The average Bonchev–Trinajstić information content (AvgIpc) is 3.28. The number of rotatable bonds is 4. The summed E-state index contributed by atoms with van der Waals surface area (Å²) in [4.78, 5) is 17.7. The quantitative estimate of drug-likeness (QED) is 0.782. The lowest BCUT2D eigenvalue weighted by molar-refractivity contribution is -0.115. The molecule has 0 fully saturated rings. The molecule has 0 radical (unpaired) electrons. The van der Waals surface area contributed by atoms with Crippen molar-refractivity contribution in [3.8, 4) is 0 Å². The first-order valence-electron chi connectivity index (χ1n) is 7.82. The second-order valence-corrected chi connectivity index (χ2v) is 6.60. The second-order valence-electron chi connectivity index (χ2n) is 5.69. The zero-order valence-electron chi connectivity index (χ0n) is 12.9. The molecule has 0 unspecified atom stereocenters. The average molecular weight is 336 g/mol. The van der Waals surface area contributed by atoms with Crippen molar-refractivity contribution in [3.05, 3.63) is 71.1 Å². The van der Waals surface area contributed by atoms with Gasteiger partial charge in [-0.1, -0.05) is 53.7 Å². The number of oxime groups is 1. The van der Waals surface area contributed by atoms with E-state index in [1.54, 1.807) is 11.3 Å². The molecule has 1 aliphatic rings. The summed E-state index contributed by atoms with van der Waals surface area (Å²) in [5.41, 5.74) is 2.61. The monoisotopic (exact) mass is 336 g/mol. The second kappa shape index (κ2) is 6.45. The number of fused-ring (bicyclic) bond motifs is 1. The van der Waals surface area contributed by atoms with Gasteiger partial charge in [0.2, 0.25) is 0 Å². The van der Waals surface area contributed by atoms with Crippen LogP contribution >= 0.6 is 11.3 Å². The van der Waals surface area contributed by atoms with Crippen LogP contribution in [0.5, 0.6) is 0 Å². The number of benzene rings is 2. The number of carbonyl (C=O) groups is 1. The lowest BCUT2D eigenvalue weighted by Gasteiger charge is -2.07. The van der Waals surface area contributed by atoms with E-state index in [4.69, 9.17) is 4.84 Å². The summed E-state index contributed by atoms with van der Waals surface area (Å²) in [6.07, 6.45) is 0.328. The van der Waals surface area contributed by atoms with Crippen molar-refractivity contribution < 1.29 is 9.63 Å². The standard InChI is InChI=1S/C19H16N2O2S/c22-19(16-10-17(23-21-16)13-6-2-1-3-7-13)20-11-14-12-24-18-9-5-4-8-15(14)18/h1-9,12,17H,10-11H2,(H,20,22)/t17-/m1/s1. The Morgan fingerprint density at radius 2 is 1.96 bits per heavy atom. The third-order valence-corrected chi connectivity index (χ3v) is 5.12. The van der Waals surface area contributed by atoms with E-state index in [9.17, 15) is 4.79 Å². The molecule has 120 valence electrons.